The molecule has 5 nitrogen and oxygen atoms in total. The molecule has 3 aromatic rings. The fraction of sp³-hybridized carbons (Fsp3) is 0.263. The molecule has 0 atom stereocenters. The third-order valence-corrected chi connectivity index (χ3v) is 4.74. The molecule has 0 amide bonds. The van der Waals surface area contributed by atoms with Crippen LogP contribution in [0.5, 0.6) is 0 Å². The Morgan fingerprint density at radius 1 is 1.08 bits per heavy atom. The van der Waals surface area contributed by atoms with Crippen molar-refractivity contribution in [1.29, 1.82) is 0 Å². The molecule has 25 heavy (non-hydrogen) atoms. The van der Waals surface area contributed by atoms with E-state index in [4.69, 9.17) is 4.42 Å². The summed E-state index contributed by atoms with van der Waals surface area (Å²) in [5, 5.41) is 8.42. The summed E-state index contributed by atoms with van der Waals surface area (Å²) in [6.45, 7) is 4.15. The summed E-state index contributed by atoms with van der Waals surface area (Å²) in [5.41, 5.74) is 3.85. The average molecular weight is 353 g/mol. The van der Waals surface area contributed by atoms with Crippen molar-refractivity contribution in [1.82, 2.24) is 15.2 Å². The fourth-order valence-electron chi connectivity index (χ4n) is 2.50. The van der Waals surface area contributed by atoms with E-state index in [9.17, 15) is 4.79 Å². The van der Waals surface area contributed by atoms with Crippen LogP contribution >= 0.6 is 11.8 Å². The zero-order valence-corrected chi connectivity index (χ0v) is 15.0. The van der Waals surface area contributed by atoms with E-state index in [2.05, 4.69) is 35.1 Å². The number of ketones is 1. The van der Waals surface area contributed by atoms with E-state index >= 15 is 0 Å². The fourth-order valence-corrected chi connectivity index (χ4v) is 3.14. The van der Waals surface area contributed by atoms with Gasteiger partial charge in [-0.3, -0.25) is 9.78 Å². The molecule has 6 heteroatoms. The second-order valence-electron chi connectivity index (χ2n) is 5.52. The Balaban J connectivity index is 1.70. The molecular formula is C19H19N3O2S. The van der Waals surface area contributed by atoms with Gasteiger partial charge >= 0.3 is 0 Å². The molecule has 0 saturated carbocycles. The molecule has 0 N–H and O–H groups in total. The van der Waals surface area contributed by atoms with Gasteiger partial charge in [0.1, 0.15) is 0 Å². The topological polar surface area (TPSA) is 68.9 Å². The third kappa shape index (κ3) is 4.14. The molecule has 0 bridgehead atoms. The summed E-state index contributed by atoms with van der Waals surface area (Å²) in [4.78, 5) is 16.6. The van der Waals surface area contributed by atoms with Crippen molar-refractivity contribution in [2.45, 2.75) is 31.9 Å². The summed E-state index contributed by atoms with van der Waals surface area (Å²) < 4.78 is 5.62. The van der Waals surface area contributed by atoms with Crippen LogP contribution in [0.25, 0.3) is 11.5 Å². The summed E-state index contributed by atoms with van der Waals surface area (Å²) in [6, 6.07) is 9.73. The predicted molar refractivity (Wildman–Crippen MR) is 97.8 cm³/mol. The second kappa shape index (κ2) is 8.07. The molecule has 0 radical (unpaired) electrons. The Kier molecular flexibility index (Phi) is 5.60. The second-order valence-corrected chi connectivity index (χ2v) is 6.45. The summed E-state index contributed by atoms with van der Waals surface area (Å²) in [6.07, 6.45) is 5.09. The van der Waals surface area contributed by atoms with Gasteiger partial charge in [0.05, 0.1) is 5.75 Å². The number of hydrogen-bond donors (Lipinski definition) is 0. The largest absolute Gasteiger partial charge is 0.411 e. The minimum absolute atomic E-state index is 0.0841. The number of thioether (sulfide) groups is 1. The van der Waals surface area contributed by atoms with E-state index in [0.29, 0.717) is 11.1 Å². The van der Waals surface area contributed by atoms with Crippen LogP contribution in [-0.2, 0) is 12.8 Å². The lowest BCUT2D eigenvalue weighted by atomic mass is 9.98. The normalized spacial score (nSPS) is 10.8. The van der Waals surface area contributed by atoms with Crippen molar-refractivity contribution in [3.05, 3.63) is 59.4 Å². The minimum Gasteiger partial charge on any atom is -0.411 e. The van der Waals surface area contributed by atoms with Gasteiger partial charge in [0.25, 0.3) is 5.22 Å². The van der Waals surface area contributed by atoms with Crippen LogP contribution in [0.15, 0.2) is 52.4 Å². The van der Waals surface area contributed by atoms with Crippen LogP contribution in [-0.4, -0.2) is 26.7 Å². The molecule has 0 unspecified atom stereocenters. The number of aromatic nitrogens is 3. The smallest absolute Gasteiger partial charge is 0.277 e. The van der Waals surface area contributed by atoms with Gasteiger partial charge in [0, 0.05) is 23.5 Å². The van der Waals surface area contributed by atoms with Crippen LogP contribution < -0.4 is 0 Å². The highest BCUT2D eigenvalue weighted by Crippen LogP contribution is 2.24. The van der Waals surface area contributed by atoms with Gasteiger partial charge in [0.15, 0.2) is 5.78 Å². The monoisotopic (exact) mass is 353 g/mol. The average Bonchev–Trinajstić information content (AvgIpc) is 3.15. The third-order valence-electron chi connectivity index (χ3n) is 3.92. The molecule has 0 saturated heterocycles. The van der Waals surface area contributed by atoms with Crippen LogP contribution in [0.4, 0.5) is 0 Å². The van der Waals surface area contributed by atoms with Gasteiger partial charge in [-0.05, 0) is 42.2 Å². The summed E-state index contributed by atoms with van der Waals surface area (Å²) in [7, 11) is 0. The SMILES string of the molecule is CCc1ccc(CC)c(C(=O)CSc2nnc(-c3ccncc3)o2)c1. The number of pyridine rings is 1. The van der Waals surface area contributed by atoms with Crippen LogP contribution in [0, 0.1) is 0 Å². The number of carbonyl (C=O) groups is 1. The lowest BCUT2D eigenvalue weighted by Crippen LogP contribution is -2.07. The molecule has 0 aliphatic rings. The summed E-state index contributed by atoms with van der Waals surface area (Å²) >= 11 is 1.27. The van der Waals surface area contributed by atoms with Crippen molar-refractivity contribution < 1.29 is 9.21 Å². The van der Waals surface area contributed by atoms with Gasteiger partial charge in [-0.25, -0.2) is 0 Å². The van der Waals surface area contributed by atoms with E-state index in [1.807, 2.05) is 12.1 Å². The van der Waals surface area contributed by atoms with Crippen LogP contribution in [0.2, 0.25) is 0 Å². The maximum Gasteiger partial charge on any atom is 0.277 e. The first-order valence-corrected chi connectivity index (χ1v) is 9.21. The van der Waals surface area contributed by atoms with Gasteiger partial charge in [-0.2, -0.15) is 0 Å². The van der Waals surface area contributed by atoms with Crippen molar-refractivity contribution in [3.8, 4) is 11.5 Å². The molecule has 0 aliphatic carbocycles. The number of aryl methyl sites for hydroxylation is 2. The van der Waals surface area contributed by atoms with Gasteiger partial charge in [0.2, 0.25) is 5.89 Å². The van der Waals surface area contributed by atoms with E-state index in [1.165, 1.54) is 17.3 Å². The van der Waals surface area contributed by atoms with E-state index < -0.39 is 0 Å². The maximum absolute atomic E-state index is 12.6. The molecule has 0 spiro atoms. The minimum atomic E-state index is 0.0841. The van der Waals surface area contributed by atoms with Crippen molar-refractivity contribution in [3.63, 3.8) is 0 Å². The molecule has 0 aliphatic heterocycles. The highest BCUT2D eigenvalue weighted by Gasteiger charge is 2.15. The first-order chi connectivity index (χ1) is 12.2. The van der Waals surface area contributed by atoms with Crippen LogP contribution in [0.3, 0.4) is 0 Å². The number of hydrogen-bond acceptors (Lipinski definition) is 6. The highest BCUT2D eigenvalue weighted by atomic mass is 32.2. The predicted octanol–water partition coefficient (Wildman–Crippen LogP) is 4.23. The van der Waals surface area contributed by atoms with Gasteiger partial charge in [-0.15, -0.1) is 10.2 Å². The van der Waals surface area contributed by atoms with Gasteiger partial charge < -0.3 is 4.42 Å². The summed E-state index contributed by atoms with van der Waals surface area (Å²) in [5.74, 6) is 0.790. The molecule has 128 valence electrons. The molecule has 0 fully saturated rings. The van der Waals surface area contributed by atoms with Crippen molar-refractivity contribution in [2.75, 3.05) is 5.75 Å². The molecule has 2 heterocycles. The van der Waals surface area contributed by atoms with Gasteiger partial charge in [-0.1, -0.05) is 37.7 Å². The zero-order chi connectivity index (χ0) is 17.6. The van der Waals surface area contributed by atoms with Crippen molar-refractivity contribution in [2.24, 2.45) is 0 Å². The number of carbonyl (C=O) groups excluding carboxylic acids is 1. The molecule has 2 aromatic heterocycles. The van der Waals surface area contributed by atoms with Crippen molar-refractivity contribution >= 4 is 17.5 Å². The first-order valence-electron chi connectivity index (χ1n) is 8.23. The Hall–Kier alpha value is -2.47. The lowest BCUT2D eigenvalue weighted by molar-refractivity contribution is 0.102. The Labute approximate surface area is 150 Å². The Morgan fingerprint density at radius 3 is 2.60 bits per heavy atom. The quantitative estimate of drug-likeness (QED) is 0.468. The number of rotatable bonds is 7. The van der Waals surface area contributed by atoms with E-state index in [-0.39, 0.29) is 11.5 Å². The maximum atomic E-state index is 12.6. The molecular weight excluding hydrogens is 334 g/mol. The van der Waals surface area contributed by atoms with E-state index in [1.54, 1.807) is 24.5 Å². The highest BCUT2D eigenvalue weighted by molar-refractivity contribution is 7.99. The van der Waals surface area contributed by atoms with Crippen LogP contribution in [0.1, 0.15) is 35.3 Å². The standard InChI is InChI=1S/C19H19N3O2S/c1-3-13-5-6-14(4-2)16(11-13)17(23)12-25-19-22-21-18(24-19)15-7-9-20-10-8-15/h5-11H,3-4,12H2,1-2H3. The number of Topliss-reactive ketones (excluding diaryl/α,β-unsaturated/α-hetero) is 1. The molecule has 3 rings (SSSR count). The Morgan fingerprint density at radius 2 is 1.88 bits per heavy atom. The Bertz CT molecular complexity index is 862. The molecule has 1 aromatic carbocycles. The van der Waals surface area contributed by atoms with E-state index in [0.717, 1.165) is 29.5 Å². The lowest BCUT2D eigenvalue weighted by Gasteiger charge is -2.08. The number of nitrogens with zero attached hydrogens (tertiary/aromatic N) is 3. The number of benzene rings is 1. The zero-order valence-electron chi connectivity index (χ0n) is 14.2. The first kappa shape index (κ1) is 17.4.